The number of aromatic nitrogens is 3. The van der Waals surface area contributed by atoms with Crippen molar-refractivity contribution in [2.24, 2.45) is 0 Å². The van der Waals surface area contributed by atoms with Gasteiger partial charge in [0.25, 0.3) is 5.56 Å². The topological polar surface area (TPSA) is 74.3 Å². The number of benzene rings is 1. The Morgan fingerprint density at radius 3 is 2.57 bits per heavy atom. The van der Waals surface area contributed by atoms with Crippen molar-refractivity contribution in [2.75, 3.05) is 43.1 Å². The minimum absolute atomic E-state index is 0.229. The molecule has 0 amide bonds. The van der Waals surface area contributed by atoms with E-state index in [2.05, 4.69) is 26.1 Å². The Hall–Kier alpha value is -2.57. The van der Waals surface area contributed by atoms with E-state index in [0.717, 1.165) is 37.6 Å². The van der Waals surface area contributed by atoms with Crippen LogP contribution in [0.4, 0.5) is 11.6 Å². The molecule has 0 atom stereocenters. The summed E-state index contributed by atoms with van der Waals surface area (Å²) in [4.78, 5) is 18.3. The predicted octanol–water partition coefficient (Wildman–Crippen LogP) is 0.500. The normalized spacial score (nSPS) is 15.1. The number of piperazine rings is 1. The summed E-state index contributed by atoms with van der Waals surface area (Å²) in [6, 6.07) is 7.98. The molecule has 3 rings (SSSR count). The van der Waals surface area contributed by atoms with Gasteiger partial charge >= 0.3 is 0 Å². The lowest BCUT2D eigenvalue weighted by Crippen LogP contribution is -2.47. The second kappa shape index (κ2) is 5.82. The van der Waals surface area contributed by atoms with Crippen LogP contribution in [0.1, 0.15) is 0 Å². The molecular weight excluding hydrogens is 270 g/mol. The maximum atomic E-state index is 11.3. The number of para-hydroxylation sites is 2. The van der Waals surface area contributed by atoms with Gasteiger partial charge in [-0.2, -0.15) is 0 Å². The summed E-state index contributed by atoms with van der Waals surface area (Å²) in [5.41, 5.74) is 0.861. The maximum Gasteiger partial charge on any atom is 0.271 e. The molecule has 2 heterocycles. The second-order valence-electron chi connectivity index (χ2n) is 4.80. The summed E-state index contributed by atoms with van der Waals surface area (Å²) in [6.45, 7) is 3.21. The molecule has 7 nitrogen and oxygen atoms in total. The quantitative estimate of drug-likeness (QED) is 0.886. The molecule has 1 saturated heterocycles. The van der Waals surface area contributed by atoms with Gasteiger partial charge in [-0.15, -0.1) is 10.2 Å². The Bertz CT molecular complexity index is 664. The highest BCUT2D eigenvalue weighted by atomic mass is 16.5. The third-order valence-electron chi connectivity index (χ3n) is 3.57. The molecule has 7 heteroatoms. The van der Waals surface area contributed by atoms with Crippen molar-refractivity contribution in [2.45, 2.75) is 0 Å². The van der Waals surface area contributed by atoms with E-state index in [0.29, 0.717) is 5.95 Å². The van der Waals surface area contributed by atoms with E-state index in [1.54, 1.807) is 7.11 Å². The van der Waals surface area contributed by atoms with E-state index in [1.165, 1.54) is 6.20 Å². The summed E-state index contributed by atoms with van der Waals surface area (Å²) >= 11 is 0. The fourth-order valence-electron chi connectivity index (χ4n) is 2.50. The summed E-state index contributed by atoms with van der Waals surface area (Å²) in [6.07, 6.45) is 1.18. The molecule has 1 N–H and O–H groups in total. The molecular formula is C14H17N5O2. The lowest BCUT2D eigenvalue weighted by Gasteiger charge is -2.36. The van der Waals surface area contributed by atoms with Crippen molar-refractivity contribution in [3.8, 4) is 5.75 Å². The van der Waals surface area contributed by atoms with Gasteiger partial charge < -0.3 is 14.5 Å². The molecule has 0 radical (unpaired) electrons. The fourth-order valence-corrected chi connectivity index (χ4v) is 2.50. The molecule has 0 unspecified atom stereocenters. The molecule has 21 heavy (non-hydrogen) atoms. The number of anilines is 2. The van der Waals surface area contributed by atoms with Gasteiger partial charge in [0.1, 0.15) is 11.9 Å². The molecule has 0 saturated carbocycles. The zero-order valence-electron chi connectivity index (χ0n) is 11.8. The van der Waals surface area contributed by atoms with Crippen molar-refractivity contribution in [1.82, 2.24) is 15.2 Å². The van der Waals surface area contributed by atoms with Gasteiger partial charge in [0.05, 0.1) is 12.8 Å². The van der Waals surface area contributed by atoms with Crippen molar-refractivity contribution >= 4 is 11.6 Å². The van der Waals surface area contributed by atoms with E-state index >= 15 is 0 Å². The number of nitrogens with one attached hydrogen (secondary N) is 1. The van der Waals surface area contributed by atoms with Gasteiger partial charge in [0.2, 0.25) is 5.95 Å². The molecule has 110 valence electrons. The molecule has 0 spiro atoms. The SMILES string of the molecule is COc1ccccc1N1CCN(c2nncc(=O)[nH]2)CC1. The first kappa shape index (κ1) is 13.4. The number of hydrogen-bond acceptors (Lipinski definition) is 6. The smallest absolute Gasteiger partial charge is 0.271 e. The third kappa shape index (κ3) is 2.81. The highest BCUT2D eigenvalue weighted by Crippen LogP contribution is 2.28. The Labute approximate surface area is 122 Å². The minimum Gasteiger partial charge on any atom is -0.495 e. The largest absolute Gasteiger partial charge is 0.495 e. The Balaban J connectivity index is 1.72. The number of hydrogen-bond donors (Lipinski definition) is 1. The summed E-state index contributed by atoms with van der Waals surface area (Å²) in [5, 5.41) is 7.67. The fraction of sp³-hybridized carbons (Fsp3) is 0.357. The van der Waals surface area contributed by atoms with Crippen LogP contribution in [0, 0.1) is 0 Å². The maximum absolute atomic E-state index is 11.3. The molecule has 1 aliphatic heterocycles. The summed E-state index contributed by atoms with van der Waals surface area (Å²) < 4.78 is 5.40. The summed E-state index contributed by atoms with van der Waals surface area (Å²) in [5.74, 6) is 1.40. The van der Waals surface area contributed by atoms with Gasteiger partial charge in [-0.05, 0) is 12.1 Å². The van der Waals surface area contributed by atoms with E-state index in [9.17, 15) is 4.79 Å². The van der Waals surface area contributed by atoms with E-state index < -0.39 is 0 Å². The number of rotatable bonds is 3. The molecule has 0 aliphatic carbocycles. The number of ether oxygens (including phenoxy) is 1. The minimum atomic E-state index is -0.229. The standard InChI is InChI=1S/C14H17N5O2/c1-21-12-5-3-2-4-11(12)18-6-8-19(9-7-18)14-16-13(20)10-15-17-14/h2-5,10H,6-9H2,1H3,(H,16,17,20). The summed E-state index contributed by atoms with van der Waals surface area (Å²) in [7, 11) is 1.68. The lowest BCUT2D eigenvalue weighted by atomic mass is 10.2. The first-order valence-electron chi connectivity index (χ1n) is 6.83. The van der Waals surface area contributed by atoms with Crippen LogP contribution in [-0.2, 0) is 0 Å². The van der Waals surface area contributed by atoms with Gasteiger partial charge in [0.15, 0.2) is 0 Å². The zero-order chi connectivity index (χ0) is 14.7. The van der Waals surface area contributed by atoms with E-state index in [1.807, 2.05) is 23.1 Å². The first-order chi connectivity index (χ1) is 10.3. The van der Waals surface area contributed by atoms with Crippen molar-refractivity contribution in [3.63, 3.8) is 0 Å². The second-order valence-corrected chi connectivity index (χ2v) is 4.80. The molecule has 2 aromatic rings. The van der Waals surface area contributed by atoms with E-state index in [-0.39, 0.29) is 5.56 Å². The first-order valence-corrected chi connectivity index (χ1v) is 6.83. The predicted molar refractivity (Wildman–Crippen MR) is 80.1 cm³/mol. The van der Waals surface area contributed by atoms with E-state index in [4.69, 9.17) is 4.74 Å². The number of nitrogens with zero attached hydrogens (tertiary/aromatic N) is 4. The number of H-pyrrole nitrogens is 1. The Morgan fingerprint density at radius 1 is 1.14 bits per heavy atom. The average molecular weight is 287 g/mol. The van der Waals surface area contributed by atoms with Crippen LogP contribution in [0.15, 0.2) is 35.3 Å². The number of aromatic amines is 1. The molecule has 1 fully saturated rings. The molecule has 1 aliphatic rings. The van der Waals surface area contributed by atoms with Crippen molar-refractivity contribution < 1.29 is 4.74 Å². The Morgan fingerprint density at radius 2 is 1.86 bits per heavy atom. The molecule has 1 aromatic carbocycles. The van der Waals surface area contributed by atoms with Crippen LogP contribution in [-0.4, -0.2) is 48.5 Å². The van der Waals surface area contributed by atoms with Gasteiger partial charge in [-0.1, -0.05) is 12.1 Å². The van der Waals surface area contributed by atoms with Crippen LogP contribution >= 0.6 is 0 Å². The van der Waals surface area contributed by atoms with Crippen LogP contribution < -0.4 is 20.1 Å². The highest BCUT2D eigenvalue weighted by molar-refractivity contribution is 5.59. The Kier molecular flexibility index (Phi) is 3.72. The van der Waals surface area contributed by atoms with Crippen molar-refractivity contribution in [3.05, 3.63) is 40.8 Å². The van der Waals surface area contributed by atoms with Crippen molar-refractivity contribution in [1.29, 1.82) is 0 Å². The van der Waals surface area contributed by atoms with Crippen LogP contribution in [0.2, 0.25) is 0 Å². The zero-order valence-corrected chi connectivity index (χ0v) is 11.8. The van der Waals surface area contributed by atoms with Crippen LogP contribution in [0.25, 0.3) is 0 Å². The average Bonchev–Trinajstić information content (AvgIpc) is 2.55. The number of methoxy groups -OCH3 is 1. The van der Waals surface area contributed by atoms with Gasteiger partial charge in [-0.25, -0.2) is 0 Å². The third-order valence-corrected chi connectivity index (χ3v) is 3.57. The lowest BCUT2D eigenvalue weighted by molar-refractivity contribution is 0.413. The van der Waals surface area contributed by atoms with Crippen LogP contribution in [0.3, 0.4) is 0 Å². The molecule has 0 bridgehead atoms. The molecule has 1 aromatic heterocycles. The highest BCUT2D eigenvalue weighted by Gasteiger charge is 2.20. The van der Waals surface area contributed by atoms with Gasteiger partial charge in [0, 0.05) is 26.2 Å². The van der Waals surface area contributed by atoms with Crippen LogP contribution in [0.5, 0.6) is 5.75 Å². The van der Waals surface area contributed by atoms with Gasteiger partial charge in [-0.3, -0.25) is 9.78 Å². The monoisotopic (exact) mass is 287 g/mol.